The third-order valence-corrected chi connectivity index (χ3v) is 3.03. The van der Waals surface area contributed by atoms with Crippen LogP contribution in [0.15, 0.2) is 42.5 Å². The summed E-state index contributed by atoms with van der Waals surface area (Å²) < 4.78 is 0. The molecular formula is C14H10N2O3. The Morgan fingerprint density at radius 2 is 1.53 bits per heavy atom. The van der Waals surface area contributed by atoms with Crippen LogP contribution in [0.3, 0.4) is 0 Å². The predicted molar refractivity (Wildman–Crippen MR) is 70.1 cm³/mol. The Morgan fingerprint density at radius 3 is 2.11 bits per heavy atom. The molecule has 94 valence electrons. The van der Waals surface area contributed by atoms with Gasteiger partial charge in [0, 0.05) is 5.69 Å². The quantitative estimate of drug-likeness (QED) is 0.461. The maximum atomic E-state index is 12.2. The molecule has 0 fully saturated rings. The van der Waals surface area contributed by atoms with E-state index in [1.165, 1.54) is 18.2 Å². The van der Waals surface area contributed by atoms with Gasteiger partial charge >= 0.3 is 0 Å². The Morgan fingerprint density at radius 1 is 0.947 bits per heavy atom. The van der Waals surface area contributed by atoms with E-state index in [1.54, 1.807) is 24.3 Å². The number of aromatic hydroxyl groups is 1. The number of nitrogens with two attached hydrogens (primary N) is 1. The second-order valence-corrected chi connectivity index (χ2v) is 4.24. The molecule has 0 spiro atoms. The van der Waals surface area contributed by atoms with Crippen molar-refractivity contribution in [2.75, 3.05) is 10.6 Å². The lowest BCUT2D eigenvalue weighted by Crippen LogP contribution is -2.29. The van der Waals surface area contributed by atoms with Crippen molar-refractivity contribution < 1.29 is 14.7 Å². The molecule has 2 aromatic rings. The van der Waals surface area contributed by atoms with E-state index in [4.69, 9.17) is 5.73 Å². The fourth-order valence-corrected chi connectivity index (χ4v) is 2.13. The van der Waals surface area contributed by atoms with Crippen LogP contribution in [-0.2, 0) is 0 Å². The van der Waals surface area contributed by atoms with Gasteiger partial charge in [0.05, 0.1) is 16.8 Å². The molecule has 3 N–H and O–H groups in total. The number of benzene rings is 2. The lowest BCUT2D eigenvalue weighted by Gasteiger charge is -2.15. The van der Waals surface area contributed by atoms with Crippen LogP contribution in [0.4, 0.5) is 11.4 Å². The number of phenols is 1. The number of carbonyl (C=O) groups excluding carboxylic acids is 2. The highest BCUT2D eigenvalue weighted by Crippen LogP contribution is 2.35. The van der Waals surface area contributed by atoms with Crippen molar-refractivity contribution in [3.05, 3.63) is 53.6 Å². The molecule has 0 bridgehead atoms. The minimum absolute atomic E-state index is 0.103. The van der Waals surface area contributed by atoms with Gasteiger partial charge in [-0.15, -0.1) is 0 Å². The molecule has 2 aromatic carbocycles. The number of fused-ring (bicyclic) bond motifs is 1. The standard InChI is InChI=1S/C14H10N2O3/c15-8-5-6-12(17)11(7-8)16-13(18)9-3-1-2-4-10(9)14(16)19/h1-7,17H,15H2. The number of hydrogen-bond acceptors (Lipinski definition) is 4. The summed E-state index contributed by atoms with van der Waals surface area (Å²) in [5.74, 6) is -1.08. The largest absolute Gasteiger partial charge is 0.506 e. The molecule has 5 heteroatoms. The molecule has 0 saturated carbocycles. The van der Waals surface area contributed by atoms with E-state index in [-0.39, 0.29) is 11.4 Å². The molecule has 0 saturated heterocycles. The molecule has 0 aromatic heterocycles. The zero-order chi connectivity index (χ0) is 13.6. The van der Waals surface area contributed by atoms with Crippen LogP contribution in [0.1, 0.15) is 20.7 Å². The molecule has 0 radical (unpaired) electrons. The number of nitrogens with zero attached hydrogens (tertiary/aromatic N) is 1. The number of phenolic OH excluding ortho intramolecular Hbond substituents is 1. The van der Waals surface area contributed by atoms with Gasteiger partial charge in [-0.2, -0.15) is 0 Å². The van der Waals surface area contributed by atoms with Crippen LogP contribution in [-0.4, -0.2) is 16.9 Å². The molecule has 0 unspecified atom stereocenters. The minimum atomic E-state index is -0.457. The fraction of sp³-hybridized carbons (Fsp3) is 0. The SMILES string of the molecule is Nc1ccc(O)c(N2C(=O)c3ccccc3C2=O)c1. The summed E-state index contributed by atoms with van der Waals surface area (Å²) in [5, 5.41) is 9.81. The van der Waals surface area contributed by atoms with E-state index in [9.17, 15) is 14.7 Å². The van der Waals surface area contributed by atoms with Crippen molar-refractivity contribution in [1.29, 1.82) is 0 Å². The highest BCUT2D eigenvalue weighted by molar-refractivity contribution is 6.34. The highest BCUT2D eigenvalue weighted by atomic mass is 16.3. The van der Waals surface area contributed by atoms with Crippen LogP contribution < -0.4 is 10.6 Å². The molecule has 1 aliphatic rings. The third kappa shape index (κ3) is 1.55. The van der Waals surface area contributed by atoms with E-state index < -0.39 is 11.8 Å². The summed E-state index contributed by atoms with van der Waals surface area (Å²) in [6, 6.07) is 10.8. The third-order valence-electron chi connectivity index (χ3n) is 3.03. The Kier molecular flexibility index (Phi) is 2.28. The van der Waals surface area contributed by atoms with Crippen LogP contribution in [0, 0.1) is 0 Å². The summed E-state index contributed by atoms with van der Waals surface area (Å²) in [4.78, 5) is 25.4. The lowest BCUT2D eigenvalue weighted by atomic mass is 10.1. The summed E-state index contributed by atoms with van der Waals surface area (Å²) in [7, 11) is 0. The number of rotatable bonds is 1. The van der Waals surface area contributed by atoms with Crippen molar-refractivity contribution >= 4 is 23.2 Å². The van der Waals surface area contributed by atoms with Gasteiger partial charge in [0.25, 0.3) is 11.8 Å². The van der Waals surface area contributed by atoms with Gasteiger partial charge in [-0.1, -0.05) is 12.1 Å². The first-order valence-corrected chi connectivity index (χ1v) is 5.66. The first-order valence-electron chi connectivity index (χ1n) is 5.66. The molecule has 1 aliphatic heterocycles. The number of nitrogen functional groups attached to an aromatic ring is 1. The summed E-state index contributed by atoms with van der Waals surface area (Å²) >= 11 is 0. The van der Waals surface area contributed by atoms with Crippen molar-refractivity contribution in [2.24, 2.45) is 0 Å². The monoisotopic (exact) mass is 254 g/mol. The molecule has 0 atom stereocenters. The van der Waals surface area contributed by atoms with Crippen molar-refractivity contribution in [3.8, 4) is 5.75 Å². The molecule has 2 amide bonds. The highest BCUT2D eigenvalue weighted by Gasteiger charge is 2.37. The van der Waals surface area contributed by atoms with Crippen LogP contribution in [0.5, 0.6) is 5.75 Å². The van der Waals surface area contributed by atoms with Gasteiger partial charge in [-0.3, -0.25) is 9.59 Å². The Bertz CT molecular complexity index is 675. The molecule has 0 aliphatic carbocycles. The first kappa shape index (κ1) is 11.3. The number of hydrogen-bond donors (Lipinski definition) is 2. The molecule has 3 rings (SSSR count). The second-order valence-electron chi connectivity index (χ2n) is 4.24. The first-order chi connectivity index (χ1) is 9.09. The summed E-state index contributed by atoms with van der Waals surface area (Å²) in [5.41, 5.74) is 6.75. The topological polar surface area (TPSA) is 83.6 Å². The van der Waals surface area contributed by atoms with Gasteiger partial charge in [0.1, 0.15) is 5.75 Å². The minimum Gasteiger partial charge on any atom is -0.506 e. The fourth-order valence-electron chi connectivity index (χ4n) is 2.13. The summed E-state index contributed by atoms with van der Waals surface area (Å²) in [6.07, 6.45) is 0. The zero-order valence-electron chi connectivity index (χ0n) is 9.83. The molecule has 5 nitrogen and oxygen atoms in total. The van der Waals surface area contributed by atoms with Gasteiger partial charge in [0.15, 0.2) is 0 Å². The summed E-state index contributed by atoms with van der Waals surface area (Å²) in [6.45, 7) is 0. The van der Waals surface area contributed by atoms with Crippen molar-refractivity contribution in [3.63, 3.8) is 0 Å². The van der Waals surface area contributed by atoms with Crippen LogP contribution >= 0.6 is 0 Å². The van der Waals surface area contributed by atoms with Gasteiger partial charge < -0.3 is 10.8 Å². The van der Waals surface area contributed by atoms with Gasteiger partial charge in [0.2, 0.25) is 0 Å². The molecule has 19 heavy (non-hydrogen) atoms. The number of carbonyl (C=O) groups is 2. The van der Waals surface area contributed by atoms with E-state index >= 15 is 0 Å². The van der Waals surface area contributed by atoms with Crippen LogP contribution in [0.25, 0.3) is 0 Å². The van der Waals surface area contributed by atoms with E-state index in [0.29, 0.717) is 16.8 Å². The van der Waals surface area contributed by atoms with Crippen molar-refractivity contribution in [1.82, 2.24) is 0 Å². The van der Waals surface area contributed by atoms with Gasteiger partial charge in [-0.25, -0.2) is 4.90 Å². The number of anilines is 2. The van der Waals surface area contributed by atoms with E-state index in [2.05, 4.69) is 0 Å². The molecular weight excluding hydrogens is 244 g/mol. The Balaban J connectivity index is 2.17. The van der Waals surface area contributed by atoms with E-state index in [0.717, 1.165) is 4.90 Å². The smallest absolute Gasteiger partial charge is 0.266 e. The maximum absolute atomic E-state index is 12.2. The van der Waals surface area contributed by atoms with Gasteiger partial charge in [-0.05, 0) is 30.3 Å². The predicted octanol–water partition coefficient (Wildman–Crippen LogP) is 1.77. The van der Waals surface area contributed by atoms with Crippen molar-refractivity contribution in [2.45, 2.75) is 0 Å². The van der Waals surface area contributed by atoms with E-state index in [1.807, 2.05) is 0 Å². The Labute approximate surface area is 108 Å². The number of imide groups is 1. The van der Waals surface area contributed by atoms with Crippen LogP contribution in [0.2, 0.25) is 0 Å². The number of amides is 2. The Hall–Kier alpha value is -2.82. The maximum Gasteiger partial charge on any atom is 0.266 e. The lowest BCUT2D eigenvalue weighted by molar-refractivity contribution is 0.0925. The zero-order valence-corrected chi connectivity index (χ0v) is 9.83. The average Bonchev–Trinajstić information content (AvgIpc) is 2.66. The average molecular weight is 254 g/mol. The second kappa shape index (κ2) is 3.84. The normalized spacial score (nSPS) is 13.8. The molecule has 1 heterocycles.